The highest BCUT2D eigenvalue weighted by molar-refractivity contribution is 9.10. The van der Waals surface area contributed by atoms with Gasteiger partial charge in [0.1, 0.15) is 5.75 Å². The van der Waals surface area contributed by atoms with Crippen LogP contribution in [0.2, 0.25) is 0 Å². The maximum atomic E-state index is 12.1. The molecule has 2 rings (SSSR count). The largest absolute Gasteiger partial charge is 0.483 e. The van der Waals surface area contributed by atoms with Crippen LogP contribution in [0.4, 0.5) is 0 Å². The number of ether oxygens (including phenoxy) is 1. The zero-order valence-electron chi connectivity index (χ0n) is 11.8. The third-order valence-electron chi connectivity index (χ3n) is 3.43. The molecule has 0 unspecified atom stereocenters. The number of nitrogens with two attached hydrogens (primary N) is 1. The number of carbonyl (C=O) groups excluding carboxylic acids is 1. The Bertz CT molecular complexity index is 475. The number of hydrogen-bond acceptors (Lipinski definition) is 3. The highest BCUT2D eigenvalue weighted by Crippen LogP contribution is 2.28. The van der Waals surface area contributed by atoms with Crippen molar-refractivity contribution in [1.29, 1.82) is 0 Å². The maximum Gasteiger partial charge on any atom is 0.260 e. The fourth-order valence-corrected chi connectivity index (χ4v) is 2.77. The minimum atomic E-state index is 0.0629. The average Bonchev–Trinajstić information content (AvgIpc) is 3.24. The van der Waals surface area contributed by atoms with E-state index in [4.69, 9.17) is 10.5 Å². The first kappa shape index (κ1) is 15.3. The van der Waals surface area contributed by atoms with E-state index < -0.39 is 0 Å². The van der Waals surface area contributed by atoms with Crippen LogP contribution in [0.25, 0.3) is 0 Å². The van der Waals surface area contributed by atoms with Gasteiger partial charge in [0.25, 0.3) is 5.91 Å². The Morgan fingerprint density at radius 2 is 2.25 bits per heavy atom. The second kappa shape index (κ2) is 7.09. The molecule has 4 nitrogen and oxygen atoms in total. The molecule has 1 amide bonds. The second-order valence-electron chi connectivity index (χ2n) is 5.00. The van der Waals surface area contributed by atoms with Crippen LogP contribution in [-0.4, -0.2) is 36.5 Å². The molecular weight excluding hydrogens is 320 g/mol. The van der Waals surface area contributed by atoms with Gasteiger partial charge in [-0.05, 0) is 66.4 Å². The lowest BCUT2D eigenvalue weighted by molar-refractivity contribution is -0.133. The lowest BCUT2D eigenvalue weighted by Gasteiger charge is -2.20. The summed E-state index contributed by atoms with van der Waals surface area (Å²) in [6.45, 7) is 3.48. The molecule has 1 aliphatic rings. The van der Waals surface area contributed by atoms with Crippen LogP contribution >= 0.6 is 15.9 Å². The van der Waals surface area contributed by atoms with Crippen molar-refractivity contribution in [1.82, 2.24) is 4.90 Å². The Hall–Kier alpha value is -1.07. The molecule has 1 saturated carbocycles. The van der Waals surface area contributed by atoms with Crippen LogP contribution in [-0.2, 0) is 11.2 Å². The maximum absolute atomic E-state index is 12.1. The zero-order chi connectivity index (χ0) is 14.5. The lowest BCUT2D eigenvalue weighted by Crippen LogP contribution is -2.36. The summed E-state index contributed by atoms with van der Waals surface area (Å²) < 4.78 is 6.49. The van der Waals surface area contributed by atoms with Gasteiger partial charge in [0.05, 0.1) is 4.47 Å². The summed E-state index contributed by atoms with van der Waals surface area (Å²) in [5.41, 5.74) is 6.69. The van der Waals surface area contributed by atoms with Gasteiger partial charge in [-0.15, -0.1) is 0 Å². The fourth-order valence-electron chi connectivity index (χ4n) is 2.23. The second-order valence-corrected chi connectivity index (χ2v) is 5.86. The van der Waals surface area contributed by atoms with Crippen molar-refractivity contribution in [2.24, 2.45) is 5.73 Å². The summed E-state index contributed by atoms with van der Waals surface area (Å²) in [6, 6.07) is 6.29. The SMILES string of the molecule is CCN(C(=O)COc1ccc(CCN)cc1Br)C1CC1. The molecule has 5 heteroatoms. The topological polar surface area (TPSA) is 55.6 Å². The van der Waals surface area contributed by atoms with Gasteiger partial charge in [-0.3, -0.25) is 4.79 Å². The van der Waals surface area contributed by atoms with Gasteiger partial charge in [-0.1, -0.05) is 6.07 Å². The normalized spacial score (nSPS) is 14.2. The van der Waals surface area contributed by atoms with Crippen molar-refractivity contribution in [2.45, 2.75) is 32.2 Å². The van der Waals surface area contributed by atoms with E-state index in [0.717, 1.165) is 35.8 Å². The monoisotopic (exact) mass is 340 g/mol. The molecule has 0 aliphatic heterocycles. The van der Waals surface area contributed by atoms with E-state index in [1.807, 2.05) is 30.0 Å². The molecule has 1 fully saturated rings. The summed E-state index contributed by atoms with van der Waals surface area (Å²) in [5.74, 6) is 0.763. The smallest absolute Gasteiger partial charge is 0.260 e. The molecule has 1 aromatic rings. The minimum Gasteiger partial charge on any atom is -0.483 e. The standard InChI is InChI=1S/C15H21BrN2O2/c1-2-18(12-4-5-12)15(19)10-20-14-6-3-11(7-8-17)9-13(14)16/h3,6,9,12H,2,4-5,7-8,10,17H2,1H3. The van der Waals surface area contributed by atoms with Crippen molar-refractivity contribution in [3.8, 4) is 5.75 Å². The first-order chi connectivity index (χ1) is 9.65. The van der Waals surface area contributed by atoms with Crippen molar-refractivity contribution in [3.05, 3.63) is 28.2 Å². The summed E-state index contributed by atoms with van der Waals surface area (Å²) >= 11 is 3.47. The summed E-state index contributed by atoms with van der Waals surface area (Å²) in [4.78, 5) is 14.0. The molecule has 0 saturated heterocycles. The third-order valence-corrected chi connectivity index (χ3v) is 4.05. The molecule has 2 N–H and O–H groups in total. The predicted molar refractivity (Wildman–Crippen MR) is 82.8 cm³/mol. The molecule has 0 spiro atoms. The molecule has 0 aromatic heterocycles. The van der Waals surface area contributed by atoms with E-state index in [1.165, 1.54) is 0 Å². The quantitative estimate of drug-likeness (QED) is 0.828. The fraction of sp³-hybridized carbons (Fsp3) is 0.533. The van der Waals surface area contributed by atoms with Crippen LogP contribution in [0.15, 0.2) is 22.7 Å². The number of nitrogens with zero attached hydrogens (tertiary/aromatic N) is 1. The molecule has 0 atom stereocenters. The van der Waals surface area contributed by atoms with Gasteiger partial charge in [0.15, 0.2) is 6.61 Å². The van der Waals surface area contributed by atoms with Gasteiger partial charge in [-0.2, -0.15) is 0 Å². The van der Waals surface area contributed by atoms with Gasteiger partial charge in [-0.25, -0.2) is 0 Å². The number of benzene rings is 1. The highest BCUT2D eigenvalue weighted by Gasteiger charge is 2.31. The van der Waals surface area contributed by atoms with Gasteiger partial charge in [0.2, 0.25) is 0 Å². The molecule has 1 aromatic carbocycles. The third kappa shape index (κ3) is 3.96. The van der Waals surface area contributed by atoms with Crippen molar-refractivity contribution >= 4 is 21.8 Å². The summed E-state index contributed by atoms with van der Waals surface area (Å²) in [6.07, 6.45) is 3.08. The number of rotatable bonds is 7. The number of likely N-dealkylation sites (N-methyl/N-ethyl adjacent to an activating group) is 1. The molecule has 20 heavy (non-hydrogen) atoms. The Kier molecular flexibility index (Phi) is 5.43. The molecule has 110 valence electrons. The Morgan fingerprint density at radius 1 is 1.50 bits per heavy atom. The van der Waals surface area contributed by atoms with Crippen molar-refractivity contribution < 1.29 is 9.53 Å². The van der Waals surface area contributed by atoms with Crippen LogP contribution < -0.4 is 10.5 Å². The van der Waals surface area contributed by atoms with Gasteiger partial charge >= 0.3 is 0 Å². The number of carbonyl (C=O) groups is 1. The van der Waals surface area contributed by atoms with Gasteiger partial charge in [0, 0.05) is 12.6 Å². The van der Waals surface area contributed by atoms with E-state index in [9.17, 15) is 4.79 Å². The van der Waals surface area contributed by atoms with E-state index >= 15 is 0 Å². The zero-order valence-corrected chi connectivity index (χ0v) is 13.4. The number of halogens is 1. The number of amides is 1. The Labute approximate surface area is 128 Å². The van der Waals surface area contributed by atoms with E-state index in [-0.39, 0.29) is 12.5 Å². The van der Waals surface area contributed by atoms with Crippen LogP contribution in [0, 0.1) is 0 Å². The lowest BCUT2D eigenvalue weighted by atomic mass is 10.1. The predicted octanol–water partition coefficient (Wildman–Crippen LogP) is 2.34. The number of hydrogen-bond donors (Lipinski definition) is 1. The molecule has 0 bridgehead atoms. The first-order valence-electron chi connectivity index (χ1n) is 7.06. The first-order valence-corrected chi connectivity index (χ1v) is 7.85. The van der Waals surface area contributed by atoms with Gasteiger partial charge < -0.3 is 15.4 Å². The van der Waals surface area contributed by atoms with Crippen LogP contribution in [0.5, 0.6) is 5.75 Å². The molecule has 0 radical (unpaired) electrons. The molecular formula is C15H21BrN2O2. The van der Waals surface area contributed by atoms with Crippen LogP contribution in [0.3, 0.4) is 0 Å². The van der Waals surface area contributed by atoms with Crippen molar-refractivity contribution in [2.75, 3.05) is 19.7 Å². The van der Waals surface area contributed by atoms with Crippen LogP contribution in [0.1, 0.15) is 25.3 Å². The Morgan fingerprint density at radius 3 is 2.80 bits per heavy atom. The minimum absolute atomic E-state index is 0.0629. The highest BCUT2D eigenvalue weighted by atomic mass is 79.9. The van der Waals surface area contributed by atoms with E-state index in [2.05, 4.69) is 15.9 Å². The van der Waals surface area contributed by atoms with Crippen molar-refractivity contribution in [3.63, 3.8) is 0 Å². The summed E-state index contributed by atoms with van der Waals surface area (Å²) in [5, 5.41) is 0. The molecule has 0 heterocycles. The molecule has 1 aliphatic carbocycles. The average molecular weight is 341 g/mol. The van der Waals surface area contributed by atoms with E-state index in [1.54, 1.807) is 0 Å². The Balaban J connectivity index is 1.91. The van der Waals surface area contributed by atoms with E-state index in [0.29, 0.717) is 18.3 Å². The summed E-state index contributed by atoms with van der Waals surface area (Å²) in [7, 11) is 0.